The third kappa shape index (κ3) is 7.85. The van der Waals surface area contributed by atoms with Crippen LogP contribution in [0.15, 0.2) is 54.7 Å². The molecule has 12 nitrogen and oxygen atoms in total. The van der Waals surface area contributed by atoms with E-state index < -0.39 is 35.7 Å². The molecule has 3 heterocycles. The number of amides is 3. The molecular weight excluding hydrogens is 587 g/mol. The maximum atomic E-state index is 14.6. The molecule has 4 bridgehead atoms. The van der Waals surface area contributed by atoms with Crippen molar-refractivity contribution in [2.45, 2.75) is 38.0 Å². The molecule has 3 amide bonds. The number of piperidine rings is 1. The van der Waals surface area contributed by atoms with Crippen molar-refractivity contribution >= 4 is 23.7 Å². The van der Waals surface area contributed by atoms with Crippen LogP contribution in [-0.4, -0.2) is 79.6 Å². The molecule has 2 aliphatic rings. The van der Waals surface area contributed by atoms with Crippen LogP contribution in [0.3, 0.4) is 0 Å². The van der Waals surface area contributed by atoms with Gasteiger partial charge in [-0.3, -0.25) is 19.4 Å². The van der Waals surface area contributed by atoms with E-state index in [2.05, 4.69) is 20.4 Å². The lowest BCUT2D eigenvalue weighted by atomic mass is 10.0. The second kappa shape index (κ2) is 14.1. The molecule has 2 aliphatic heterocycles. The van der Waals surface area contributed by atoms with Gasteiger partial charge in [0.2, 0.25) is 5.91 Å². The average molecular weight is 621 g/mol. The largest absolute Gasteiger partial charge is 0.493 e. The van der Waals surface area contributed by atoms with Crippen molar-refractivity contribution in [2.75, 3.05) is 33.9 Å². The van der Waals surface area contributed by atoms with Gasteiger partial charge in [0.25, 0.3) is 11.8 Å². The minimum atomic E-state index is -0.702. The Labute approximate surface area is 258 Å². The van der Waals surface area contributed by atoms with Gasteiger partial charge in [0, 0.05) is 44.7 Å². The quantitative estimate of drug-likeness (QED) is 0.422. The van der Waals surface area contributed by atoms with Crippen LogP contribution in [0.5, 0.6) is 17.2 Å². The van der Waals surface area contributed by atoms with Gasteiger partial charge in [-0.05, 0) is 53.9 Å². The number of benzene rings is 2. The van der Waals surface area contributed by atoms with Gasteiger partial charge in [0.1, 0.15) is 23.4 Å². The summed E-state index contributed by atoms with van der Waals surface area (Å²) in [5.74, 6) is -1.23. The Hall–Kier alpha value is -5.20. The SMILES string of the molecule is COC(=O)c1ccc(C(=O)N2CC[C@H]3Oc4cc(F)cc(c4)CNC(=O)CCc4ccc(OC)c(c4)OCC(=O)N[C@@H]3C2)nc1. The first-order chi connectivity index (χ1) is 21.7. The number of rotatable bonds is 3. The van der Waals surface area contributed by atoms with E-state index in [1.165, 1.54) is 49.6 Å². The number of carbonyl (C=O) groups is 4. The van der Waals surface area contributed by atoms with Gasteiger partial charge in [0.05, 0.1) is 25.8 Å². The number of nitrogens with zero attached hydrogens (tertiary/aromatic N) is 2. The number of likely N-dealkylation sites (tertiary alicyclic amines) is 1. The summed E-state index contributed by atoms with van der Waals surface area (Å²) in [6.07, 6.45) is 1.53. The number of hydrogen-bond acceptors (Lipinski definition) is 9. The van der Waals surface area contributed by atoms with E-state index in [0.29, 0.717) is 29.9 Å². The van der Waals surface area contributed by atoms with Crippen molar-refractivity contribution in [2.24, 2.45) is 0 Å². The Morgan fingerprint density at radius 2 is 1.87 bits per heavy atom. The van der Waals surface area contributed by atoms with Gasteiger partial charge in [-0.15, -0.1) is 0 Å². The van der Waals surface area contributed by atoms with Gasteiger partial charge >= 0.3 is 5.97 Å². The number of halogens is 1. The standard InChI is InChI=1S/C32H33FN4O8/c1-42-27-7-3-19-4-8-29(38)35-15-20-11-22(33)14-23(12-20)45-26-9-10-37(17-25(26)36-30(39)18-44-28(27)13-19)31(40)24-6-5-21(16-34-24)32(41)43-2/h3,5-7,11-14,16,25-26H,4,8-10,15,17-18H2,1-2H3,(H,35,38)(H,36,39)/t25-,26-/m1/s1. The number of pyridine rings is 1. The van der Waals surface area contributed by atoms with Crippen molar-refractivity contribution in [3.63, 3.8) is 0 Å². The third-order valence-corrected chi connectivity index (χ3v) is 7.52. The highest BCUT2D eigenvalue weighted by atomic mass is 19.1. The molecule has 2 N–H and O–H groups in total. The number of esters is 1. The number of aromatic nitrogens is 1. The van der Waals surface area contributed by atoms with Gasteiger partial charge in [-0.2, -0.15) is 0 Å². The van der Waals surface area contributed by atoms with Crippen molar-refractivity contribution in [3.05, 3.63) is 82.9 Å². The molecular formula is C32H33FN4O8. The molecule has 2 aromatic carbocycles. The number of aryl methyl sites for hydroxylation is 1. The molecule has 0 aliphatic carbocycles. The second-order valence-corrected chi connectivity index (χ2v) is 10.6. The van der Waals surface area contributed by atoms with Crippen molar-refractivity contribution in [3.8, 4) is 17.2 Å². The summed E-state index contributed by atoms with van der Waals surface area (Å²) in [5.41, 5.74) is 1.63. The molecule has 236 valence electrons. The Morgan fingerprint density at radius 1 is 1.02 bits per heavy atom. The first kappa shape index (κ1) is 31.2. The molecule has 0 spiro atoms. The summed E-state index contributed by atoms with van der Waals surface area (Å²) < 4.78 is 36.7. The smallest absolute Gasteiger partial charge is 0.339 e. The zero-order valence-electron chi connectivity index (χ0n) is 24.8. The predicted molar refractivity (Wildman–Crippen MR) is 158 cm³/mol. The molecule has 45 heavy (non-hydrogen) atoms. The van der Waals surface area contributed by atoms with Crippen LogP contribution in [0.1, 0.15) is 44.8 Å². The molecule has 0 unspecified atom stereocenters. The number of fused-ring (bicyclic) bond motifs is 5. The summed E-state index contributed by atoms with van der Waals surface area (Å²) in [7, 11) is 2.74. The van der Waals surface area contributed by atoms with Gasteiger partial charge in [0.15, 0.2) is 18.1 Å². The molecule has 1 aromatic heterocycles. The monoisotopic (exact) mass is 620 g/mol. The summed E-state index contributed by atoms with van der Waals surface area (Å²) in [4.78, 5) is 56.5. The lowest BCUT2D eigenvalue weighted by Gasteiger charge is -2.38. The zero-order chi connectivity index (χ0) is 31.9. The zero-order valence-corrected chi connectivity index (χ0v) is 24.8. The van der Waals surface area contributed by atoms with Crippen LogP contribution >= 0.6 is 0 Å². The lowest BCUT2D eigenvalue weighted by Crippen LogP contribution is -2.58. The van der Waals surface area contributed by atoms with Crippen LogP contribution in [0, 0.1) is 5.82 Å². The fraction of sp³-hybridized carbons (Fsp3) is 0.344. The fourth-order valence-corrected chi connectivity index (χ4v) is 5.21. The number of hydrogen-bond donors (Lipinski definition) is 2. The fourth-order valence-electron chi connectivity index (χ4n) is 5.21. The number of methoxy groups -OCH3 is 2. The lowest BCUT2D eigenvalue weighted by molar-refractivity contribution is -0.125. The molecule has 3 aromatic rings. The van der Waals surface area contributed by atoms with Crippen LogP contribution in [0.2, 0.25) is 0 Å². The maximum Gasteiger partial charge on any atom is 0.339 e. The molecule has 0 saturated carbocycles. The van der Waals surface area contributed by atoms with E-state index in [4.69, 9.17) is 14.2 Å². The number of nitrogens with one attached hydrogen (secondary N) is 2. The number of ether oxygens (including phenoxy) is 4. The Balaban J connectivity index is 1.40. The summed E-state index contributed by atoms with van der Waals surface area (Å²) >= 11 is 0. The third-order valence-electron chi connectivity index (χ3n) is 7.52. The summed E-state index contributed by atoms with van der Waals surface area (Å²) in [5, 5.41) is 5.72. The first-order valence-corrected chi connectivity index (χ1v) is 14.4. The van der Waals surface area contributed by atoms with E-state index in [1.807, 2.05) is 6.07 Å². The highest BCUT2D eigenvalue weighted by Crippen LogP contribution is 2.29. The van der Waals surface area contributed by atoms with Crippen LogP contribution in [0.4, 0.5) is 4.39 Å². The van der Waals surface area contributed by atoms with E-state index in [1.54, 1.807) is 18.2 Å². The predicted octanol–water partition coefficient (Wildman–Crippen LogP) is 2.44. The Kier molecular flexibility index (Phi) is 9.76. The average Bonchev–Trinajstić information content (AvgIpc) is 3.05. The highest BCUT2D eigenvalue weighted by Gasteiger charge is 2.35. The van der Waals surface area contributed by atoms with E-state index in [0.717, 1.165) is 5.56 Å². The van der Waals surface area contributed by atoms with E-state index in [-0.39, 0.29) is 55.6 Å². The minimum Gasteiger partial charge on any atom is -0.493 e. The van der Waals surface area contributed by atoms with Crippen LogP contribution in [0.25, 0.3) is 0 Å². The molecule has 1 saturated heterocycles. The van der Waals surface area contributed by atoms with Crippen LogP contribution < -0.4 is 24.8 Å². The van der Waals surface area contributed by atoms with Crippen molar-refractivity contribution in [1.82, 2.24) is 20.5 Å². The normalized spacial score (nSPS) is 18.9. The van der Waals surface area contributed by atoms with Gasteiger partial charge < -0.3 is 34.5 Å². The maximum absolute atomic E-state index is 14.6. The Morgan fingerprint density at radius 3 is 2.62 bits per heavy atom. The molecule has 2 atom stereocenters. The topological polar surface area (TPSA) is 145 Å². The van der Waals surface area contributed by atoms with Crippen molar-refractivity contribution < 1.29 is 42.5 Å². The second-order valence-electron chi connectivity index (χ2n) is 10.6. The molecule has 5 rings (SSSR count). The minimum absolute atomic E-state index is 0.0622. The van der Waals surface area contributed by atoms with Crippen molar-refractivity contribution in [1.29, 1.82) is 0 Å². The Bertz CT molecular complexity index is 1580. The van der Waals surface area contributed by atoms with E-state index in [9.17, 15) is 23.6 Å². The summed E-state index contributed by atoms with van der Waals surface area (Å²) in [6, 6.07) is 11.6. The van der Waals surface area contributed by atoms with Crippen LogP contribution in [-0.2, 0) is 27.3 Å². The van der Waals surface area contributed by atoms with E-state index >= 15 is 0 Å². The molecule has 0 radical (unpaired) electrons. The highest BCUT2D eigenvalue weighted by molar-refractivity contribution is 5.94. The summed E-state index contributed by atoms with van der Waals surface area (Å²) in [6.45, 7) is 0.0542. The molecule has 13 heteroatoms. The molecule has 1 fully saturated rings. The van der Waals surface area contributed by atoms with Gasteiger partial charge in [-0.25, -0.2) is 9.18 Å². The first-order valence-electron chi connectivity index (χ1n) is 14.4. The number of carbonyl (C=O) groups excluding carboxylic acids is 4. The van der Waals surface area contributed by atoms with Gasteiger partial charge in [-0.1, -0.05) is 6.07 Å².